The van der Waals surface area contributed by atoms with Gasteiger partial charge in [-0.25, -0.2) is 12.8 Å². The van der Waals surface area contributed by atoms with E-state index in [2.05, 4.69) is 15.9 Å². The quantitative estimate of drug-likeness (QED) is 0.826. The number of benzene rings is 1. The number of likely N-dealkylation sites (N-methyl/N-ethyl adjacent to an activating group) is 1. The molecule has 7 heteroatoms. The van der Waals surface area contributed by atoms with Crippen molar-refractivity contribution in [3.63, 3.8) is 0 Å². The van der Waals surface area contributed by atoms with E-state index in [-0.39, 0.29) is 22.0 Å². The van der Waals surface area contributed by atoms with E-state index in [4.69, 9.17) is 4.74 Å². The molecule has 1 unspecified atom stereocenters. The van der Waals surface area contributed by atoms with Crippen molar-refractivity contribution in [1.82, 2.24) is 4.31 Å². The number of sulfonamides is 1. The molecular formula is C11H15BrFNO3S. The van der Waals surface area contributed by atoms with E-state index in [0.29, 0.717) is 0 Å². The topological polar surface area (TPSA) is 46.6 Å². The first-order chi connectivity index (χ1) is 8.30. The van der Waals surface area contributed by atoms with E-state index in [1.54, 1.807) is 6.92 Å². The van der Waals surface area contributed by atoms with E-state index < -0.39 is 15.8 Å². The summed E-state index contributed by atoms with van der Waals surface area (Å²) >= 11 is 3.06. The molecule has 0 aliphatic rings. The Hall–Kier alpha value is -0.500. The van der Waals surface area contributed by atoms with Crippen LogP contribution in [0.15, 0.2) is 27.6 Å². The number of ether oxygens (including phenoxy) is 1. The summed E-state index contributed by atoms with van der Waals surface area (Å²) in [6, 6.07) is 3.18. The van der Waals surface area contributed by atoms with Gasteiger partial charge in [-0.05, 0) is 41.1 Å². The van der Waals surface area contributed by atoms with Gasteiger partial charge in [-0.3, -0.25) is 0 Å². The van der Waals surface area contributed by atoms with Gasteiger partial charge in [-0.1, -0.05) is 0 Å². The van der Waals surface area contributed by atoms with Gasteiger partial charge in [-0.2, -0.15) is 4.31 Å². The summed E-state index contributed by atoms with van der Waals surface area (Å²) in [4.78, 5) is 0.0364. The molecule has 0 saturated heterocycles. The second-order valence-corrected chi connectivity index (χ2v) is 6.72. The minimum Gasteiger partial charge on any atom is -0.383 e. The molecule has 0 amide bonds. The van der Waals surface area contributed by atoms with E-state index in [1.165, 1.54) is 24.5 Å². The lowest BCUT2D eigenvalue weighted by Gasteiger charge is -2.24. The lowest BCUT2D eigenvalue weighted by atomic mass is 10.3. The highest BCUT2D eigenvalue weighted by atomic mass is 79.9. The molecule has 18 heavy (non-hydrogen) atoms. The number of rotatable bonds is 5. The maximum atomic E-state index is 13.0. The van der Waals surface area contributed by atoms with E-state index >= 15 is 0 Å². The Labute approximate surface area is 115 Å². The second-order valence-electron chi connectivity index (χ2n) is 3.90. The van der Waals surface area contributed by atoms with Crippen LogP contribution in [0.5, 0.6) is 0 Å². The van der Waals surface area contributed by atoms with E-state index in [9.17, 15) is 12.8 Å². The number of methoxy groups -OCH3 is 1. The summed E-state index contributed by atoms with van der Waals surface area (Å²) in [5.74, 6) is -0.492. The van der Waals surface area contributed by atoms with Crippen molar-refractivity contribution >= 4 is 26.0 Å². The summed E-state index contributed by atoms with van der Waals surface area (Å²) in [6.45, 7) is 2.02. The van der Waals surface area contributed by atoms with Crippen LogP contribution in [0.3, 0.4) is 0 Å². The zero-order valence-corrected chi connectivity index (χ0v) is 12.8. The fourth-order valence-corrected chi connectivity index (χ4v) is 3.78. The highest BCUT2D eigenvalue weighted by molar-refractivity contribution is 9.10. The van der Waals surface area contributed by atoms with Crippen molar-refractivity contribution in [1.29, 1.82) is 0 Å². The molecule has 0 aliphatic heterocycles. The minimum atomic E-state index is -3.67. The van der Waals surface area contributed by atoms with E-state index in [1.807, 2.05) is 0 Å². The molecular weight excluding hydrogens is 325 g/mol. The fourth-order valence-electron chi connectivity index (χ4n) is 1.42. The van der Waals surface area contributed by atoms with Crippen LogP contribution in [0, 0.1) is 5.82 Å². The molecule has 0 saturated carbocycles. The largest absolute Gasteiger partial charge is 0.383 e. The molecule has 0 spiro atoms. The van der Waals surface area contributed by atoms with Crippen LogP contribution >= 0.6 is 15.9 Å². The summed E-state index contributed by atoms with van der Waals surface area (Å²) in [5, 5.41) is 0. The van der Waals surface area contributed by atoms with Crippen molar-refractivity contribution in [3.05, 3.63) is 28.5 Å². The SMILES string of the molecule is COCC(C)N(C)S(=O)(=O)c1ccc(F)cc1Br. The van der Waals surface area contributed by atoms with Crippen molar-refractivity contribution in [3.8, 4) is 0 Å². The van der Waals surface area contributed by atoms with Gasteiger partial charge >= 0.3 is 0 Å². The first-order valence-electron chi connectivity index (χ1n) is 5.22. The molecule has 1 atom stereocenters. The van der Waals surface area contributed by atoms with Gasteiger partial charge in [0.1, 0.15) is 5.82 Å². The molecule has 4 nitrogen and oxygen atoms in total. The van der Waals surface area contributed by atoms with Crippen LogP contribution < -0.4 is 0 Å². The first-order valence-corrected chi connectivity index (χ1v) is 7.46. The molecule has 1 aromatic rings. The predicted molar refractivity (Wildman–Crippen MR) is 70.4 cm³/mol. The van der Waals surface area contributed by atoms with Crippen LogP contribution in [-0.2, 0) is 14.8 Å². The maximum Gasteiger partial charge on any atom is 0.244 e. The van der Waals surface area contributed by atoms with E-state index in [0.717, 1.165) is 12.1 Å². The summed E-state index contributed by atoms with van der Waals surface area (Å²) in [5.41, 5.74) is 0. The highest BCUT2D eigenvalue weighted by Crippen LogP contribution is 2.26. The average molecular weight is 340 g/mol. The molecule has 102 valence electrons. The van der Waals surface area contributed by atoms with Crippen molar-refractivity contribution in [2.75, 3.05) is 20.8 Å². The Morgan fingerprint density at radius 3 is 2.61 bits per heavy atom. The number of hydrogen-bond acceptors (Lipinski definition) is 3. The zero-order valence-electron chi connectivity index (χ0n) is 10.4. The van der Waals surface area contributed by atoms with Crippen LogP contribution in [0.4, 0.5) is 4.39 Å². The third-order valence-corrected chi connectivity index (χ3v) is 5.53. The lowest BCUT2D eigenvalue weighted by Crippen LogP contribution is -2.37. The summed E-state index contributed by atoms with van der Waals surface area (Å²) in [7, 11) is -0.696. The normalized spacial score (nSPS) is 13.9. The fraction of sp³-hybridized carbons (Fsp3) is 0.455. The van der Waals surface area contributed by atoms with Gasteiger partial charge in [0.2, 0.25) is 10.0 Å². The molecule has 0 N–H and O–H groups in total. The Balaban J connectivity index is 3.13. The monoisotopic (exact) mass is 339 g/mol. The van der Waals surface area contributed by atoms with Crippen LogP contribution in [0.25, 0.3) is 0 Å². The molecule has 0 bridgehead atoms. The summed E-state index contributed by atoms with van der Waals surface area (Å²) < 4.78 is 43.9. The van der Waals surface area contributed by atoms with Crippen molar-refractivity contribution in [2.24, 2.45) is 0 Å². The average Bonchev–Trinajstić information content (AvgIpc) is 2.27. The van der Waals surface area contributed by atoms with Gasteiger partial charge in [0.15, 0.2) is 0 Å². The van der Waals surface area contributed by atoms with Gasteiger partial charge < -0.3 is 4.74 Å². The predicted octanol–water partition coefficient (Wildman–Crippen LogP) is 2.24. The Morgan fingerprint density at radius 2 is 2.11 bits per heavy atom. The minimum absolute atomic E-state index is 0.0364. The Morgan fingerprint density at radius 1 is 1.50 bits per heavy atom. The number of halogens is 2. The molecule has 0 heterocycles. The van der Waals surface area contributed by atoms with Crippen LogP contribution in [0.2, 0.25) is 0 Å². The van der Waals surface area contributed by atoms with Crippen LogP contribution in [-0.4, -0.2) is 39.5 Å². The first kappa shape index (κ1) is 15.6. The van der Waals surface area contributed by atoms with Crippen molar-refractivity contribution < 1.29 is 17.5 Å². The number of nitrogens with zero attached hydrogens (tertiary/aromatic N) is 1. The van der Waals surface area contributed by atoms with Crippen molar-refractivity contribution in [2.45, 2.75) is 17.9 Å². The third-order valence-electron chi connectivity index (χ3n) is 2.58. The van der Waals surface area contributed by atoms with Gasteiger partial charge in [0, 0.05) is 24.7 Å². The maximum absolute atomic E-state index is 13.0. The van der Waals surface area contributed by atoms with Gasteiger partial charge in [-0.15, -0.1) is 0 Å². The summed E-state index contributed by atoms with van der Waals surface area (Å²) in [6.07, 6.45) is 0. The smallest absolute Gasteiger partial charge is 0.244 e. The zero-order chi connectivity index (χ0) is 13.9. The van der Waals surface area contributed by atoms with Gasteiger partial charge in [0.05, 0.1) is 11.5 Å². The molecule has 1 aromatic carbocycles. The molecule has 0 aliphatic carbocycles. The molecule has 0 radical (unpaired) electrons. The second kappa shape index (κ2) is 6.10. The molecule has 1 rings (SSSR count). The third kappa shape index (κ3) is 3.28. The Kier molecular flexibility index (Phi) is 5.27. The Bertz CT molecular complexity index is 521. The molecule has 0 fully saturated rings. The lowest BCUT2D eigenvalue weighted by molar-refractivity contribution is 0.149. The highest BCUT2D eigenvalue weighted by Gasteiger charge is 2.27. The van der Waals surface area contributed by atoms with Gasteiger partial charge in [0.25, 0.3) is 0 Å². The number of hydrogen-bond donors (Lipinski definition) is 0. The van der Waals surface area contributed by atoms with Crippen LogP contribution in [0.1, 0.15) is 6.92 Å². The molecule has 0 aromatic heterocycles. The standard InChI is InChI=1S/C11H15BrFNO3S/c1-8(7-17-3)14(2)18(15,16)11-5-4-9(13)6-10(11)12/h4-6,8H,7H2,1-3H3.